The smallest absolute Gasteiger partial charge is 0.321 e. The van der Waals surface area contributed by atoms with Crippen molar-refractivity contribution in [3.8, 4) is 0 Å². The molecule has 1 aliphatic carbocycles. The normalized spacial score (nSPS) is 25.1. The third kappa shape index (κ3) is 4.12. The molecule has 1 aliphatic heterocycles. The average molecular weight is 485 g/mol. The molecule has 10 heteroatoms. The van der Waals surface area contributed by atoms with E-state index in [4.69, 9.17) is 0 Å². The monoisotopic (exact) mass is 485 g/mol. The summed E-state index contributed by atoms with van der Waals surface area (Å²) >= 11 is 0. The Morgan fingerprint density at radius 2 is 1.62 bits per heavy atom. The van der Waals surface area contributed by atoms with Crippen LogP contribution in [-0.2, 0) is 12.4 Å². The van der Waals surface area contributed by atoms with Gasteiger partial charge in [0.05, 0.1) is 23.2 Å². The maximum Gasteiger partial charge on any atom is 0.416 e. The predicted molar refractivity (Wildman–Crippen MR) is 114 cm³/mol. The van der Waals surface area contributed by atoms with Gasteiger partial charge in [-0.15, -0.1) is 0 Å². The zero-order valence-electron chi connectivity index (χ0n) is 18.8. The van der Waals surface area contributed by atoms with Crippen molar-refractivity contribution >= 4 is 6.03 Å². The van der Waals surface area contributed by atoms with E-state index in [2.05, 4.69) is 5.32 Å². The van der Waals surface area contributed by atoms with Crippen LogP contribution in [0.3, 0.4) is 0 Å². The number of nitrogens with one attached hydrogen (secondary N) is 1. The molecule has 1 saturated heterocycles. The highest BCUT2D eigenvalue weighted by Crippen LogP contribution is 2.60. The molecule has 0 radical (unpaired) electrons. The number of hydrogen-bond donors (Lipinski definition) is 1. The van der Waals surface area contributed by atoms with Crippen molar-refractivity contribution in [3.63, 3.8) is 0 Å². The van der Waals surface area contributed by atoms with Crippen LogP contribution < -0.4 is 5.32 Å². The first-order chi connectivity index (χ1) is 15.8. The topological polar surface area (TPSA) is 35.6 Å². The van der Waals surface area contributed by atoms with E-state index in [1.54, 1.807) is 4.90 Å². The first-order valence-electron chi connectivity index (χ1n) is 10.9. The van der Waals surface area contributed by atoms with E-state index in [1.165, 1.54) is 18.9 Å². The Hall–Kier alpha value is -2.75. The molecule has 1 heterocycles. The van der Waals surface area contributed by atoms with Gasteiger partial charge >= 0.3 is 18.4 Å². The van der Waals surface area contributed by atoms with Crippen molar-refractivity contribution in [2.75, 3.05) is 20.6 Å². The zero-order valence-corrected chi connectivity index (χ0v) is 18.8. The van der Waals surface area contributed by atoms with Gasteiger partial charge in [0.25, 0.3) is 0 Å². The van der Waals surface area contributed by atoms with E-state index in [0.717, 1.165) is 12.0 Å². The highest BCUT2D eigenvalue weighted by Gasteiger charge is 2.66. The lowest BCUT2D eigenvalue weighted by atomic mass is 9.97. The largest absolute Gasteiger partial charge is 0.416 e. The van der Waals surface area contributed by atoms with Crippen LogP contribution in [0.2, 0.25) is 0 Å². The maximum absolute atomic E-state index is 13.5. The second kappa shape index (κ2) is 8.18. The molecule has 4 atom stereocenters. The Labute approximate surface area is 193 Å². The predicted octanol–water partition coefficient (Wildman–Crippen LogP) is 5.87. The fraction of sp³-hybridized carbons (Fsp3) is 0.458. The van der Waals surface area contributed by atoms with E-state index in [0.29, 0.717) is 18.7 Å². The number of hydrogen-bond acceptors (Lipinski definition) is 2. The highest BCUT2D eigenvalue weighted by molar-refractivity contribution is 5.77. The van der Waals surface area contributed by atoms with Gasteiger partial charge in [0.2, 0.25) is 0 Å². The van der Waals surface area contributed by atoms with E-state index in [-0.39, 0.29) is 29.1 Å². The van der Waals surface area contributed by atoms with Crippen molar-refractivity contribution in [3.05, 3.63) is 70.8 Å². The minimum Gasteiger partial charge on any atom is -0.321 e. The Balaban J connectivity index is 1.66. The van der Waals surface area contributed by atoms with Gasteiger partial charge in [-0.3, -0.25) is 0 Å². The van der Waals surface area contributed by atoms with Crippen LogP contribution in [-0.4, -0.2) is 42.0 Å². The van der Waals surface area contributed by atoms with Crippen LogP contribution >= 0.6 is 0 Å². The molecule has 4 rings (SSSR count). The molecule has 0 unspecified atom stereocenters. The van der Waals surface area contributed by atoms with Crippen molar-refractivity contribution in [1.82, 2.24) is 15.1 Å². The fourth-order valence-corrected chi connectivity index (χ4v) is 5.09. The number of halogens is 6. The van der Waals surface area contributed by atoms with Gasteiger partial charge in [-0.1, -0.05) is 30.3 Å². The minimum absolute atomic E-state index is 0.0914. The molecule has 2 aliphatic rings. The van der Waals surface area contributed by atoms with Gasteiger partial charge in [0, 0.05) is 19.1 Å². The zero-order chi connectivity index (χ0) is 25.1. The van der Waals surface area contributed by atoms with Crippen LogP contribution in [0.1, 0.15) is 47.7 Å². The Kier molecular flexibility index (Phi) is 5.86. The molecule has 2 fully saturated rings. The Bertz CT molecular complexity index is 1030. The number of alkyl halides is 6. The SMILES string of the molecule is CN[C@@]12C[C@@H]1CN(C(=O)N(C)[C@@H](C)c1cc(C(F)(F)F)cc(C(F)(F)F)c1)[C@@H]2c1ccccc1. The van der Waals surface area contributed by atoms with Crippen molar-refractivity contribution in [2.45, 2.75) is 43.3 Å². The van der Waals surface area contributed by atoms with Crippen LogP contribution in [0.4, 0.5) is 31.1 Å². The first-order valence-corrected chi connectivity index (χ1v) is 10.9. The summed E-state index contributed by atoms with van der Waals surface area (Å²) in [6.45, 7) is 1.88. The molecule has 34 heavy (non-hydrogen) atoms. The lowest BCUT2D eigenvalue weighted by Gasteiger charge is -2.37. The van der Waals surface area contributed by atoms with E-state index >= 15 is 0 Å². The number of piperidine rings is 1. The quantitative estimate of drug-likeness (QED) is 0.550. The highest BCUT2D eigenvalue weighted by atomic mass is 19.4. The summed E-state index contributed by atoms with van der Waals surface area (Å²) in [5, 5.41) is 3.33. The summed E-state index contributed by atoms with van der Waals surface area (Å²) in [4.78, 5) is 16.4. The molecule has 184 valence electrons. The third-order valence-electron chi connectivity index (χ3n) is 7.17. The van der Waals surface area contributed by atoms with Crippen LogP contribution in [0.15, 0.2) is 48.5 Å². The van der Waals surface area contributed by atoms with Crippen LogP contribution in [0, 0.1) is 5.92 Å². The van der Waals surface area contributed by atoms with Crippen molar-refractivity contribution in [2.24, 2.45) is 5.92 Å². The number of amides is 2. The van der Waals surface area contributed by atoms with Gasteiger partial charge in [-0.25, -0.2) is 4.79 Å². The summed E-state index contributed by atoms with van der Waals surface area (Å²) in [5.41, 5.74) is -2.40. The lowest BCUT2D eigenvalue weighted by Crippen LogP contribution is -2.47. The molecule has 2 aromatic rings. The standard InChI is InChI=1S/C24H25F6N3O/c1-14(16-9-17(23(25,26)27)11-18(10-16)24(28,29)30)32(3)21(34)33-13-19-12-22(19,31-2)20(33)15-7-5-4-6-8-15/h4-11,14,19-20,31H,12-13H2,1-3H3/t14-,19+,20+,22-/m0/s1. The van der Waals surface area contributed by atoms with Gasteiger partial charge in [0.15, 0.2) is 0 Å². The number of likely N-dealkylation sites (tertiary alicyclic amines) is 1. The number of benzene rings is 2. The maximum atomic E-state index is 13.5. The number of likely N-dealkylation sites (N-methyl/N-ethyl adjacent to an activating group) is 1. The van der Waals surface area contributed by atoms with Crippen LogP contribution in [0.5, 0.6) is 0 Å². The number of rotatable bonds is 4. The first kappa shape index (κ1) is 24.4. The Morgan fingerprint density at radius 3 is 2.12 bits per heavy atom. The molecule has 0 bridgehead atoms. The Morgan fingerprint density at radius 1 is 1.06 bits per heavy atom. The van der Waals surface area contributed by atoms with Gasteiger partial charge in [0.1, 0.15) is 0 Å². The molecule has 4 nitrogen and oxygen atoms in total. The summed E-state index contributed by atoms with van der Waals surface area (Å²) in [6, 6.07) is 9.10. The summed E-state index contributed by atoms with van der Waals surface area (Å²) in [5.74, 6) is 0.223. The summed E-state index contributed by atoms with van der Waals surface area (Å²) < 4.78 is 79.9. The van der Waals surface area contributed by atoms with E-state index in [9.17, 15) is 31.1 Å². The molecule has 0 aromatic heterocycles. The number of fused-ring (bicyclic) bond motifs is 1. The summed E-state index contributed by atoms with van der Waals surface area (Å²) in [7, 11) is 3.23. The second-order valence-corrected chi connectivity index (χ2v) is 9.07. The van der Waals surface area contributed by atoms with Crippen molar-refractivity contribution in [1.29, 1.82) is 0 Å². The van der Waals surface area contributed by atoms with E-state index in [1.807, 2.05) is 37.4 Å². The van der Waals surface area contributed by atoms with Gasteiger partial charge in [-0.2, -0.15) is 26.3 Å². The fourth-order valence-electron chi connectivity index (χ4n) is 5.09. The number of urea groups is 1. The number of carbonyl (C=O) groups excluding carboxylic acids is 1. The molecular formula is C24H25F6N3O. The van der Waals surface area contributed by atoms with Gasteiger partial charge < -0.3 is 15.1 Å². The molecule has 2 amide bonds. The van der Waals surface area contributed by atoms with Crippen LogP contribution in [0.25, 0.3) is 0 Å². The van der Waals surface area contributed by atoms with Gasteiger partial charge in [-0.05, 0) is 55.6 Å². The molecule has 1 saturated carbocycles. The average Bonchev–Trinajstić information content (AvgIpc) is 3.40. The third-order valence-corrected chi connectivity index (χ3v) is 7.17. The summed E-state index contributed by atoms with van der Waals surface area (Å²) in [6.07, 6.45) is -9.02. The number of nitrogens with zero attached hydrogens (tertiary/aromatic N) is 2. The lowest BCUT2D eigenvalue weighted by molar-refractivity contribution is -0.143. The van der Waals surface area contributed by atoms with E-state index < -0.39 is 35.6 Å². The van der Waals surface area contributed by atoms with Crippen molar-refractivity contribution < 1.29 is 31.1 Å². The number of carbonyl (C=O) groups is 1. The molecule has 1 N–H and O–H groups in total. The molecular weight excluding hydrogens is 460 g/mol. The minimum atomic E-state index is -4.95. The molecule has 2 aromatic carbocycles. The second-order valence-electron chi connectivity index (χ2n) is 9.07. The molecule has 0 spiro atoms.